The zero-order chi connectivity index (χ0) is 14.7. The highest BCUT2D eigenvalue weighted by Crippen LogP contribution is 2.34. The molecule has 0 saturated carbocycles. The lowest BCUT2D eigenvalue weighted by atomic mass is 10.1. The van der Waals surface area contributed by atoms with Gasteiger partial charge >= 0.3 is 0 Å². The number of carbonyl (C=O) groups excluding carboxylic acids is 2. The quantitative estimate of drug-likeness (QED) is 0.370. The van der Waals surface area contributed by atoms with Crippen molar-refractivity contribution in [3.8, 4) is 0 Å². The number of hydrogen-bond donors (Lipinski definition) is 0. The van der Waals surface area contributed by atoms with Crippen LogP contribution in [0.25, 0.3) is 0 Å². The van der Waals surface area contributed by atoms with Crippen LogP contribution in [0.4, 0.5) is 5.69 Å². The Morgan fingerprint density at radius 3 is 2.60 bits per heavy atom. The van der Waals surface area contributed by atoms with Gasteiger partial charge in [0.15, 0.2) is 10.1 Å². The number of ether oxygens (including phenoxy) is 1. The first-order valence-corrected chi connectivity index (χ1v) is 7.26. The maximum Gasteiger partial charge on any atom is 0.273 e. The van der Waals surface area contributed by atoms with Crippen LogP contribution in [0.2, 0.25) is 0 Å². The van der Waals surface area contributed by atoms with E-state index in [1.54, 1.807) is 24.3 Å². The predicted octanol–water partition coefficient (Wildman–Crippen LogP) is 3.13. The summed E-state index contributed by atoms with van der Waals surface area (Å²) in [5.41, 5.74) is 1.25. The van der Waals surface area contributed by atoms with Gasteiger partial charge < -0.3 is 4.74 Å². The minimum absolute atomic E-state index is 0.0156. The van der Waals surface area contributed by atoms with E-state index < -0.39 is 0 Å². The van der Waals surface area contributed by atoms with Gasteiger partial charge in [-0.15, -0.1) is 0 Å². The number of amides is 1. The summed E-state index contributed by atoms with van der Waals surface area (Å²) in [6.07, 6.45) is 1.43. The van der Waals surface area contributed by atoms with Crippen molar-refractivity contribution in [3.05, 3.63) is 41.0 Å². The number of nitrogens with zero attached hydrogens (tertiary/aromatic N) is 1. The summed E-state index contributed by atoms with van der Waals surface area (Å²) in [6.45, 7) is 3.84. The van der Waals surface area contributed by atoms with Crippen LogP contribution in [-0.2, 0) is 9.53 Å². The molecule has 0 bridgehead atoms. The first kappa shape index (κ1) is 14.7. The molecule has 1 heterocycles. The van der Waals surface area contributed by atoms with Crippen LogP contribution in [0.15, 0.2) is 35.4 Å². The van der Waals surface area contributed by atoms with E-state index in [4.69, 9.17) is 17.0 Å². The lowest BCUT2D eigenvalue weighted by Gasteiger charge is -2.14. The summed E-state index contributed by atoms with van der Waals surface area (Å²) in [6, 6.07) is 6.79. The third-order valence-electron chi connectivity index (χ3n) is 2.68. The average Bonchev–Trinajstić information content (AvgIpc) is 2.71. The smallest absolute Gasteiger partial charge is 0.273 e. The molecule has 0 spiro atoms. The van der Waals surface area contributed by atoms with Crippen molar-refractivity contribution in [3.63, 3.8) is 0 Å². The third kappa shape index (κ3) is 2.91. The number of Topliss-reactive ketones (excluding diaryl/α,β-unsaturated/α-hetero) is 1. The van der Waals surface area contributed by atoms with E-state index in [2.05, 4.69) is 0 Å². The molecule has 1 aliphatic rings. The van der Waals surface area contributed by atoms with Crippen LogP contribution in [0.5, 0.6) is 0 Å². The number of hydrogen-bond acceptors (Lipinski definition) is 5. The van der Waals surface area contributed by atoms with Crippen molar-refractivity contribution < 1.29 is 14.3 Å². The fourth-order valence-corrected chi connectivity index (χ4v) is 2.90. The Morgan fingerprint density at radius 2 is 2.05 bits per heavy atom. The zero-order valence-corrected chi connectivity index (χ0v) is 12.7. The Kier molecular flexibility index (Phi) is 4.57. The van der Waals surface area contributed by atoms with Crippen LogP contribution >= 0.6 is 24.0 Å². The molecule has 0 atom stereocenters. The lowest BCUT2D eigenvalue weighted by Crippen LogP contribution is -2.27. The molecule has 6 heteroatoms. The average molecular weight is 307 g/mol. The van der Waals surface area contributed by atoms with Crippen LogP contribution in [0.3, 0.4) is 0 Å². The van der Waals surface area contributed by atoms with Crippen LogP contribution in [-0.4, -0.2) is 22.6 Å². The molecule has 1 saturated heterocycles. The Bertz CT molecular complexity index is 593. The molecule has 0 N–H and O–H groups in total. The van der Waals surface area contributed by atoms with Crippen molar-refractivity contribution in [2.45, 2.75) is 13.8 Å². The van der Waals surface area contributed by atoms with Crippen molar-refractivity contribution >= 4 is 45.7 Å². The van der Waals surface area contributed by atoms with Crippen LogP contribution in [0, 0.1) is 0 Å². The number of anilines is 1. The maximum atomic E-state index is 12.2. The topological polar surface area (TPSA) is 46.6 Å². The molecule has 2 rings (SSSR count). The standard InChI is InChI=1S/C14H13NO3S2/c1-3-18-8-12-13(17)15(14(19)20-12)11-6-4-10(5-7-11)9(2)16/h4-8H,3H2,1-2H3/b12-8+. The molecule has 1 aliphatic heterocycles. The summed E-state index contributed by atoms with van der Waals surface area (Å²) in [7, 11) is 0. The number of thioether (sulfide) groups is 1. The molecule has 1 amide bonds. The maximum absolute atomic E-state index is 12.2. The van der Waals surface area contributed by atoms with Gasteiger partial charge in [0.2, 0.25) is 0 Å². The van der Waals surface area contributed by atoms with Gasteiger partial charge in [0.05, 0.1) is 12.3 Å². The molecule has 0 aliphatic carbocycles. The largest absolute Gasteiger partial charge is 0.500 e. The third-order valence-corrected chi connectivity index (χ3v) is 3.96. The van der Waals surface area contributed by atoms with Crippen molar-refractivity contribution in [1.82, 2.24) is 0 Å². The summed E-state index contributed by atoms with van der Waals surface area (Å²) < 4.78 is 5.59. The second-order valence-corrected chi connectivity index (χ2v) is 5.72. The second-order valence-electron chi connectivity index (χ2n) is 4.05. The van der Waals surface area contributed by atoms with E-state index in [0.29, 0.717) is 27.1 Å². The van der Waals surface area contributed by atoms with E-state index in [9.17, 15) is 9.59 Å². The van der Waals surface area contributed by atoms with Crippen LogP contribution in [0.1, 0.15) is 24.2 Å². The molecule has 20 heavy (non-hydrogen) atoms. The molecule has 1 fully saturated rings. The normalized spacial score (nSPS) is 16.9. The van der Waals surface area contributed by atoms with E-state index in [1.807, 2.05) is 6.92 Å². The van der Waals surface area contributed by atoms with Gasteiger partial charge in [0.1, 0.15) is 11.2 Å². The van der Waals surface area contributed by atoms with Gasteiger partial charge in [0.25, 0.3) is 5.91 Å². The predicted molar refractivity (Wildman–Crippen MR) is 83.8 cm³/mol. The second kappa shape index (κ2) is 6.19. The molecule has 0 unspecified atom stereocenters. The first-order valence-electron chi connectivity index (χ1n) is 6.03. The Labute approximate surface area is 126 Å². The Hall–Kier alpha value is -1.66. The molecule has 104 valence electrons. The molecular formula is C14H13NO3S2. The summed E-state index contributed by atoms with van der Waals surface area (Å²) >= 11 is 6.42. The zero-order valence-electron chi connectivity index (χ0n) is 11.1. The molecule has 1 aromatic rings. The van der Waals surface area contributed by atoms with Gasteiger partial charge in [0, 0.05) is 5.56 Å². The van der Waals surface area contributed by atoms with Crippen molar-refractivity contribution in [2.75, 3.05) is 11.5 Å². The highest BCUT2D eigenvalue weighted by Gasteiger charge is 2.33. The molecule has 0 radical (unpaired) electrons. The highest BCUT2D eigenvalue weighted by atomic mass is 32.2. The summed E-state index contributed by atoms with van der Waals surface area (Å²) in [5, 5.41) is 0. The number of thiocarbonyl (C=S) groups is 1. The lowest BCUT2D eigenvalue weighted by molar-refractivity contribution is -0.113. The Morgan fingerprint density at radius 1 is 1.40 bits per heavy atom. The molecular weight excluding hydrogens is 294 g/mol. The molecule has 0 aromatic heterocycles. The van der Waals surface area contributed by atoms with E-state index in [-0.39, 0.29) is 11.7 Å². The molecule has 4 nitrogen and oxygen atoms in total. The van der Waals surface area contributed by atoms with Gasteiger partial charge in [-0.2, -0.15) is 0 Å². The Balaban J connectivity index is 2.26. The van der Waals surface area contributed by atoms with Gasteiger partial charge in [-0.25, -0.2) is 0 Å². The van der Waals surface area contributed by atoms with Gasteiger partial charge in [-0.1, -0.05) is 24.0 Å². The van der Waals surface area contributed by atoms with E-state index in [0.717, 1.165) is 0 Å². The van der Waals surface area contributed by atoms with Crippen molar-refractivity contribution in [2.24, 2.45) is 0 Å². The van der Waals surface area contributed by atoms with E-state index >= 15 is 0 Å². The van der Waals surface area contributed by atoms with Crippen LogP contribution < -0.4 is 4.90 Å². The SMILES string of the molecule is CCO/C=C1/SC(=S)N(c2ccc(C(C)=O)cc2)C1=O. The number of rotatable bonds is 4. The van der Waals surface area contributed by atoms with Gasteiger partial charge in [-0.05, 0) is 38.1 Å². The summed E-state index contributed by atoms with van der Waals surface area (Å²) in [5.74, 6) is -0.220. The first-order chi connectivity index (χ1) is 9.54. The number of benzene rings is 1. The minimum atomic E-state index is -0.205. The van der Waals surface area contributed by atoms with Gasteiger partial charge in [-0.3, -0.25) is 14.5 Å². The fraction of sp³-hybridized carbons (Fsp3) is 0.214. The fourth-order valence-electron chi connectivity index (χ4n) is 1.68. The summed E-state index contributed by atoms with van der Waals surface area (Å²) in [4.78, 5) is 25.4. The molecule has 1 aromatic carbocycles. The number of ketones is 1. The highest BCUT2D eigenvalue weighted by molar-refractivity contribution is 8.27. The minimum Gasteiger partial charge on any atom is -0.500 e. The number of carbonyl (C=O) groups is 2. The van der Waals surface area contributed by atoms with Crippen molar-refractivity contribution in [1.29, 1.82) is 0 Å². The van der Waals surface area contributed by atoms with E-state index in [1.165, 1.54) is 29.8 Å². The monoisotopic (exact) mass is 307 g/mol.